The molecule has 0 saturated carbocycles. The average Bonchev–Trinajstić information content (AvgIpc) is 2.34. The molecule has 1 aromatic carbocycles. The Labute approximate surface area is 117 Å². The van der Waals surface area contributed by atoms with Crippen molar-refractivity contribution in [1.82, 2.24) is 0 Å². The number of halogens is 3. The fourth-order valence-electron chi connectivity index (χ4n) is 2.02. The first-order valence-electron chi connectivity index (χ1n) is 6.77. The Balaban J connectivity index is 2.75. The number of benzene rings is 1. The van der Waals surface area contributed by atoms with Gasteiger partial charge in [-0.25, -0.2) is 0 Å². The summed E-state index contributed by atoms with van der Waals surface area (Å²) in [7, 11) is 0. The van der Waals surface area contributed by atoms with E-state index in [1.54, 1.807) is 24.3 Å². The SMILES string of the molecule is CCCOc1ccccc1C(C)(O)CCCC(F)(F)F. The number of para-hydroxylation sites is 1. The van der Waals surface area contributed by atoms with Gasteiger partial charge in [-0.3, -0.25) is 0 Å². The van der Waals surface area contributed by atoms with E-state index in [1.807, 2.05) is 6.92 Å². The van der Waals surface area contributed by atoms with Crippen molar-refractivity contribution in [2.75, 3.05) is 6.61 Å². The zero-order chi connectivity index (χ0) is 15.2. The van der Waals surface area contributed by atoms with Crippen molar-refractivity contribution in [2.45, 2.75) is 51.3 Å². The van der Waals surface area contributed by atoms with E-state index in [4.69, 9.17) is 4.74 Å². The first-order chi connectivity index (χ1) is 9.26. The van der Waals surface area contributed by atoms with Gasteiger partial charge >= 0.3 is 6.18 Å². The summed E-state index contributed by atoms with van der Waals surface area (Å²) in [5.41, 5.74) is -0.786. The van der Waals surface area contributed by atoms with Gasteiger partial charge in [0.05, 0.1) is 12.2 Å². The van der Waals surface area contributed by atoms with Crippen molar-refractivity contribution in [1.29, 1.82) is 0 Å². The molecule has 0 aromatic heterocycles. The lowest BCUT2D eigenvalue weighted by Gasteiger charge is -2.26. The highest BCUT2D eigenvalue weighted by Crippen LogP contribution is 2.35. The predicted molar refractivity (Wildman–Crippen MR) is 71.7 cm³/mol. The highest BCUT2D eigenvalue weighted by Gasteiger charge is 2.31. The summed E-state index contributed by atoms with van der Waals surface area (Å²) >= 11 is 0. The van der Waals surface area contributed by atoms with Crippen LogP contribution in [0.15, 0.2) is 24.3 Å². The van der Waals surface area contributed by atoms with E-state index < -0.39 is 18.2 Å². The Hall–Kier alpha value is -1.23. The van der Waals surface area contributed by atoms with Gasteiger partial charge in [-0.2, -0.15) is 13.2 Å². The van der Waals surface area contributed by atoms with E-state index in [0.29, 0.717) is 17.9 Å². The van der Waals surface area contributed by atoms with Crippen LogP contribution in [0.1, 0.15) is 45.1 Å². The first-order valence-corrected chi connectivity index (χ1v) is 6.77. The average molecular weight is 290 g/mol. The van der Waals surface area contributed by atoms with Crippen molar-refractivity contribution < 1.29 is 23.0 Å². The Kier molecular flexibility index (Phi) is 5.87. The molecule has 0 spiro atoms. The standard InChI is InChI=1S/C15H21F3O2/c1-3-11-20-13-8-5-4-7-12(13)14(2,19)9-6-10-15(16,17)18/h4-5,7-8,19H,3,6,9-11H2,1-2H3. The lowest BCUT2D eigenvalue weighted by atomic mass is 9.89. The fourth-order valence-corrected chi connectivity index (χ4v) is 2.02. The van der Waals surface area contributed by atoms with Crippen LogP contribution in [0.4, 0.5) is 13.2 Å². The van der Waals surface area contributed by atoms with Gasteiger partial charge < -0.3 is 9.84 Å². The van der Waals surface area contributed by atoms with Crippen molar-refractivity contribution in [2.24, 2.45) is 0 Å². The normalized spacial score (nSPS) is 14.9. The number of aliphatic hydroxyl groups is 1. The van der Waals surface area contributed by atoms with Crippen LogP contribution in [-0.4, -0.2) is 17.9 Å². The molecule has 0 radical (unpaired) electrons. The van der Waals surface area contributed by atoms with Crippen LogP contribution in [0.25, 0.3) is 0 Å². The van der Waals surface area contributed by atoms with Crippen LogP contribution in [0.2, 0.25) is 0 Å². The van der Waals surface area contributed by atoms with Crippen LogP contribution >= 0.6 is 0 Å². The van der Waals surface area contributed by atoms with E-state index in [9.17, 15) is 18.3 Å². The second-order valence-electron chi connectivity index (χ2n) is 5.09. The molecule has 0 amide bonds. The number of ether oxygens (including phenoxy) is 1. The minimum Gasteiger partial charge on any atom is -0.493 e. The number of alkyl halides is 3. The smallest absolute Gasteiger partial charge is 0.389 e. The van der Waals surface area contributed by atoms with Crippen LogP contribution in [0.3, 0.4) is 0 Å². The largest absolute Gasteiger partial charge is 0.493 e. The van der Waals surface area contributed by atoms with Crippen molar-refractivity contribution in [3.8, 4) is 5.75 Å². The monoisotopic (exact) mass is 290 g/mol. The van der Waals surface area contributed by atoms with E-state index in [2.05, 4.69) is 0 Å². The molecule has 0 aliphatic carbocycles. The molecule has 0 saturated heterocycles. The Morgan fingerprint density at radius 1 is 1.15 bits per heavy atom. The van der Waals surface area contributed by atoms with Gasteiger partial charge in [0, 0.05) is 12.0 Å². The van der Waals surface area contributed by atoms with E-state index in [1.165, 1.54) is 6.92 Å². The summed E-state index contributed by atoms with van der Waals surface area (Å²) in [6.45, 7) is 4.00. The minimum atomic E-state index is -4.19. The number of hydrogen-bond donors (Lipinski definition) is 1. The van der Waals surface area contributed by atoms with E-state index >= 15 is 0 Å². The fraction of sp³-hybridized carbons (Fsp3) is 0.600. The van der Waals surface area contributed by atoms with E-state index in [0.717, 1.165) is 6.42 Å². The van der Waals surface area contributed by atoms with Gasteiger partial charge in [0.15, 0.2) is 0 Å². The van der Waals surface area contributed by atoms with Crippen molar-refractivity contribution in [3.05, 3.63) is 29.8 Å². The molecule has 5 heteroatoms. The molecule has 0 bridgehead atoms. The highest BCUT2D eigenvalue weighted by molar-refractivity contribution is 5.37. The summed E-state index contributed by atoms with van der Waals surface area (Å²) in [6.07, 6.45) is -4.32. The van der Waals surface area contributed by atoms with Gasteiger partial charge in [0.25, 0.3) is 0 Å². The highest BCUT2D eigenvalue weighted by atomic mass is 19.4. The van der Waals surface area contributed by atoms with E-state index in [-0.39, 0.29) is 12.8 Å². The Morgan fingerprint density at radius 2 is 1.80 bits per heavy atom. The van der Waals surface area contributed by atoms with Gasteiger partial charge in [-0.1, -0.05) is 25.1 Å². The quantitative estimate of drug-likeness (QED) is 0.805. The summed E-state index contributed by atoms with van der Waals surface area (Å²) in [5.74, 6) is 0.534. The van der Waals surface area contributed by atoms with Gasteiger partial charge in [-0.05, 0) is 32.3 Å². The molecule has 0 aliphatic heterocycles. The van der Waals surface area contributed by atoms with Crippen LogP contribution in [0.5, 0.6) is 5.75 Å². The molecule has 1 N–H and O–H groups in total. The summed E-state index contributed by atoms with van der Waals surface area (Å²) in [4.78, 5) is 0. The Morgan fingerprint density at radius 3 is 2.40 bits per heavy atom. The third-order valence-corrected chi connectivity index (χ3v) is 3.05. The molecule has 0 fully saturated rings. The minimum absolute atomic E-state index is 0.0407. The molecular weight excluding hydrogens is 269 g/mol. The van der Waals surface area contributed by atoms with Crippen LogP contribution in [0, 0.1) is 0 Å². The van der Waals surface area contributed by atoms with Gasteiger partial charge in [0.2, 0.25) is 0 Å². The second-order valence-corrected chi connectivity index (χ2v) is 5.09. The molecule has 114 valence electrons. The Bertz CT molecular complexity index is 414. The topological polar surface area (TPSA) is 29.5 Å². The van der Waals surface area contributed by atoms with Gasteiger partial charge in [0.1, 0.15) is 5.75 Å². The maximum absolute atomic E-state index is 12.2. The molecule has 0 heterocycles. The second kappa shape index (κ2) is 6.97. The molecule has 1 rings (SSSR count). The van der Waals surface area contributed by atoms with Gasteiger partial charge in [-0.15, -0.1) is 0 Å². The van der Waals surface area contributed by atoms with Crippen LogP contribution < -0.4 is 4.74 Å². The third kappa shape index (κ3) is 5.41. The maximum atomic E-state index is 12.2. The predicted octanol–water partition coefficient (Wildman–Crippen LogP) is 4.42. The lowest BCUT2D eigenvalue weighted by Crippen LogP contribution is -2.23. The van der Waals surface area contributed by atoms with Crippen LogP contribution in [-0.2, 0) is 5.60 Å². The molecular formula is C15H21F3O2. The van der Waals surface area contributed by atoms with Crippen molar-refractivity contribution in [3.63, 3.8) is 0 Å². The lowest BCUT2D eigenvalue weighted by molar-refractivity contribution is -0.137. The zero-order valence-electron chi connectivity index (χ0n) is 11.8. The molecule has 20 heavy (non-hydrogen) atoms. The summed E-state index contributed by atoms with van der Waals surface area (Å²) in [6, 6.07) is 6.94. The van der Waals surface area contributed by atoms with Crippen molar-refractivity contribution >= 4 is 0 Å². The molecule has 2 nitrogen and oxygen atoms in total. The molecule has 0 aliphatic rings. The molecule has 1 aromatic rings. The molecule has 1 atom stereocenters. The number of rotatable bonds is 7. The maximum Gasteiger partial charge on any atom is 0.389 e. The molecule has 1 unspecified atom stereocenters. The third-order valence-electron chi connectivity index (χ3n) is 3.05. The summed E-state index contributed by atoms with van der Waals surface area (Å²) < 4.78 is 42.1. The zero-order valence-corrected chi connectivity index (χ0v) is 11.8. The summed E-state index contributed by atoms with van der Waals surface area (Å²) in [5, 5.41) is 10.4. The number of hydrogen-bond acceptors (Lipinski definition) is 2. The first kappa shape index (κ1) is 16.8.